The van der Waals surface area contributed by atoms with Crippen molar-refractivity contribution in [1.29, 1.82) is 0 Å². The van der Waals surface area contributed by atoms with Gasteiger partial charge in [0.15, 0.2) is 0 Å². The highest BCUT2D eigenvalue weighted by atomic mass is 16.4. The van der Waals surface area contributed by atoms with E-state index >= 15 is 0 Å². The van der Waals surface area contributed by atoms with Gasteiger partial charge in [-0.05, 0) is 0 Å². The van der Waals surface area contributed by atoms with Crippen LogP contribution >= 0.6 is 0 Å². The zero-order valence-electron chi connectivity index (χ0n) is 13.2. The average molecular weight is 356 g/mol. The Morgan fingerprint density at radius 3 is 2.44 bits per heavy atom. The third-order valence-corrected chi connectivity index (χ3v) is 3.02. The Morgan fingerprint density at radius 2 is 1.88 bits per heavy atom. The van der Waals surface area contributed by atoms with Crippen LogP contribution in [-0.4, -0.2) is 75.7 Å². The van der Waals surface area contributed by atoms with Gasteiger partial charge >= 0.3 is 5.97 Å². The van der Waals surface area contributed by atoms with E-state index in [-0.39, 0.29) is 6.42 Å². The molecule has 0 fully saturated rings. The van der Waals surface area contributed by atoms with E-state index in [0.29, 0.717) is 5.69 Å². The number of nitrogens with two attached hydrogens (primary N) is 1. The summed E-state index contributed by atoms with van der Waals surface area (Å²) in [5.74, 6) is -3.41. The third kappa shape index (κ3) is 7.41. The lowest BCUT2D eigenvalue weighted by atomic mass is 10.1. The second kappa shape index (κ2) is 10.00. The highest BCUT2D eigenvalue weighted by Gasteiger charge is 2.19. The number of imidazole rings is 1. The number of aliphatic hydroxyl groups excluding tert-OH is 1. The number of aromatic amines is 1. The molecule has 1 aromatic heterocycles. The molecule has 12 nitrogen and oxygen atoms in total. The largest absolute Gasteiger partial charge is 0.480 e. The summed E-state index contributed by atoms with van der Waals surface area (Å²) >= 11 is 0. The summed E-state index contributed by atoms with van der Waals surface area (Å²) in [5, 5.41) is 23.9. The first-order valence-electron chi connectivity index (χ1n) is 7.23. The second-order valence-corrected chi connectivity index (χ2v) is 5.02. The first-order chi connectivity index (χ1) is 11.8. The molecule has 2 atom stereocenters. The van der Waals surface area contributed by atoms with Gasteiger partial charge in [0.05, 0.1) is 32.1 Å². The molecule has 0 aromatic carbocycles. The molecule has 0 aliphatic heterocycles. The molecule has 0 bridgehead atoms. The van der Waals surface area contributed by atoms with Gasteiger partial charge in [-0.2, -0.15) is 0 Å². The number of hydrogen-bond acceptors (Lipinski definition) is 7. The topological polar surface area (TPSA) is 200 Å². The van der Waals surface area contributed by atoms with Crippen molar-refractivity contribution in [3.05, 3.63) is 18.2 Å². The average Bonchev–Trinajstić information content (AvgIpc) is 3.08. The molecule has 0 radical (unpaired) electrons. The lowest BCUT2D eigenvalue weighted by Gasteiger charge is -2.13. The van der Waals surface area contributed by atoms with Crippen molar-refractivity contribution in [2.45, 2.75) is 18.5 Å². The maximum absolute atomic E-state index is 11.7. The molecule has 12 heteroatoms. The standard InChI is InChI=1S/C13H20N6O6/c14-8(1-7-2-15-6-18-7)12(23)17-3-10(21)16-4-11(22)19-9(5-20)13(24)25/h2,6,8-9,20H,1,3-5,14H2,(H,15,18)(H,16,21)(H,17,23)(H,19,22)(H,24,25). The van der Waals surface area contributed by atoms with Crippen LogP contribution in [0.5, 0.6) is 0 Å². The minimum Gasteiger partial charge on any atom is -0.480 e. The van der Waals surface area contributed by atoms with Gasteiger partial charge in [0.25, 0.3) is 0 Å². The Balaban J connectivity index is 2.26. The Labute approximate surface area is 142 Å². The third-order valence-electron chi connectivity index (χ3n) is 3.02. The molecule has 0 saturated carbocycles. The van der Waals surface area contributed by atoms with Crippen LogP contribution in [0.1, 0.15) is 5.69 Å². The number of carbonyl (C=O) groups excluding carboxylic acids is 3. The van der Waals surface area contributed by atoms with E-state index in [1.807, 2.05) is 5.32 Å². The summed E-state index contributed by atoms with van der Waals surface area (Å²) in [5.41, 5.74) is 6.35. The summed E-state index contributed by atoms with van der Waals surface area (Å²) in [4.78, 5) is 51.9. The number of carbonyl (C=O) groups is 4. The number of rotatable bonds is 10. The predicted molar refractivity (Wildman–Crippen MR) is 82.9 cm³/mol. The van der Waals surface area contributed by atoms with E-state index < -0.39 is 55.5 Å². The lowest BCUT2D eigenvalue weighted by molar-refractivity contribution is -0.142. The first-order valence-corrected chi connectivity index (χ1v) is 7.23. The van der Waals surface area contributed by atoms with Crippen molar-refractivity contribution in [3.8, 4) is 0 Å². The summed E-state index contributed by atoms with van der Waals surface area (Å²) in [7, 11) is 0. The summed E-state index contributed by atoms with van der Waals surface area (Å²) in [6.07, 6.45) is 3.19. The quantitative estimate of drug-likeness (QED) is 0.220. The van der Waals surface area contributed by atoms with Gasteiger partial charge in [-0.25, -0.2) is 9.78 Å². The number of H-pyrrole nitrogens is 1. The molecule has 1 rings (SSSR count). The maximum atomic E-state index is 11.7. The molecule has 0 saturated heterocycles. The van der Waals surface area contributed by atoms with Gasteiger partial charge in [0.1, 0.15) is 6.04 Å². The number of amides is 3. The highest BCUT2D eigenvalue weighted by molar-refractivity contribution is 5.90. The van der Waals surface area contributed by atoms with Gasteiger partial charge in [-0.1, -0.05) is 0 Å². The van der Waals surface area contributed by atoms with Crippen LogP contribution in [0, 0.1) is 0 Å². The maximum Gasteiger partial charge on any atom is 0.328 e. The molecule has 8 N–H and O–H groups in total. The normalized spacial score (nSPS) is 12.7. The first kappa shape index (κ1) is 20.1. The van der Waals surface area contributed by atoms with Crippen LogP contribution in [0.4, 0.5) is 0 Å². The molecular weight excluding hydrogens is 336 g/mol. The number of aliphatic hydroxyl groups is 1. The van der Waals surface area contributed by atoms with Gasteiger partial charge in [0.2, 0.25) is 17.7 Å². The lowest BCUT2D eigenvalue weighted by Crippen LogP contribution is -2.49. The Hall–Kier alpha value is -2.99. The molecule has 1 heterocycles. The Morgan fingerprint density at radius 1 is 1.20 bits per heavy atom. The second-order valence-electron chi connectivity index (χ2n) is 5.02. The Kier molecular flexibility index (Phi) is 8.02. The number of aliphatic carboxylic acids is 1. The van der Waals surface area contributed by atoms with Gasteiger partial charge in [-0.15, -0.1) is 0 Å². The van der Waals surface area contributed by atoms with E-state index in [1.54, 1.807) is 0 Å². The van der Waals surface area contributed by atoms with E-state index in [0.717, 1.165) is 0 Å². The summed E-state index contributed by atoms with van der Waals surface area (Å²) < 4.78 is 0. The molecule has 0 aliphatic carbocycles. The van der Waals surface area contributed by atoms with Crippen LogP contribution in [0.25, 0.3) is 0 Å². The number of hydrogen-bond donors (Lipinski definition) is 7. The fraction of sp³-hybridized carbons (Fsp3) is 0.462. The monoisotopic (exact) mass is 356 g/mol. The van der Waals surface area contributed by atoms with Crippen molar-refractivity contribution in [3.63, 3.8) is 0 Å². The highest BCUT2D eigenvalue weighted by Crippen LogP contribution is 1.96. The molecule has 1 aromatic rings. The number of nitrogens with zero attached hydrogens (tertiary/aromatic N) is 1. The van der Waals surface area contributed by atoms with E-state index in [4.69, 9.17) is 15.9 Å². The molecular formula is C13H20N6O6. The Bertz CT molecular complexity index is 604. The number of nitrogens with one attached hydrogen (secondary N) is 4. The minimum absolute atomic E-state index is 0.216. The zero-order chi connectivity index (χ0) is 18.8. The predicted octanol–water partition coefficient (Wildman–Crippen LogP) is -3.93. The molecule has 138 valence electrons. The van der Waals surface area contributed by atoms with Crippen molar-refractivity contribution in [2.24, 2.45) is 5.73 Å². The number of carboxylic acids is 1. The molecule has 2 unspecified atom stereocenters. The summed E-state index contributed by atoms with van der Waals surface area (Å²) in [6, 6.07) is -2.33. The van der Waals surface area contributed by atoms with Crippen molar-refractivity contribution in [2.75, 3.05) is 19.7 Å². The molecule has 3 amide bonds. The molecule has 25 heavy (non-hydrogen) atoms. The molecule has 0 aliphatic rings. The molecule has 0 spiro atoms. The van der Waals surface area contributed by atoms with E-state index in [1.165, 1.54) is 12.5 Å². The van der Waals surface area contributed by atoms with E-state index in [9.17, 15) is 19.2 Å². The van der Waals surface area contributed by atoms with Crippen LogP contribution in [-0.2, 0) is 25.6 Å². The van der Waals surface area contributed by atoms with Crippen molar-refractivity contribution < 1.29 is 29.4 Å². The van der Waals surface area contributed by atoms with E-state index in [2.05, 4.69) is 20.6 Å². The van der Waals surface area contributed by atoms with Crippen molar-refractivity contribution >= 4 is 23.7 Å². The van der Waals surface area contributed by atoms with Crippen LogP contribution in [0.15, 0.2) is 12.5 Å². The van der Waals surface area contributed by atoms with Gasteiger partial charge in [-0.3, -0.25) is 14.4 Å². The number of aromatic nitrogens is 2. The fourth-order valence-corrected chi connectivity index (χ4v) is 1.70. The fourth-order valence-electron chi connectivity index (χ4n) is 1.70. The van der Waals surface area contributed by atoms with Crippen LogP contribution in [0.2, 0.25) is 0 Å². The minimum atomic E-state index is -1.45. The van der Waals surface area contributed by atoms with Gasteiger partial charge < -0.3 is 36.9 Å². The van der Waals surface area contributed by atoms with Crippen LogP contribution in [0.3, 0.4) is 0 Å². The SMILES string of the molecule is NC(Cc1cnc[nH]1)C(=O)NCC(=O)NCC(=O)NC(CO)C(=O)O. The van der Waals surface area contributed by atoms with Gasteiger partial charge in [0, 0.05) is 18.3 Å². The smallest absolute Gasteiger partial charge is 0.328 e. The van der Waals surface area contributed by atoms with Crippen LogP contribution < -0.4 is 21.7 Å². The summed E-state index contributed by atoms with van der Waals surface area (Å²) in [6.45, 7) is -1.68. The zero-order valence-corrected chi connectivity index (χ0v) is 13.2. The number of carboxylic acid groups (broad SMARTS) is 1. The van der Waals surface area contributed by atoms with Crippen molar-refractivity contribution in [1.82, 2.24) is 25.9 Å².